The molecule has 4 nitrogen and oxygen atoms in total. The Morgan fingerprint density at radius 1 is 0.217 bits per heavy atom. The molecule has 9 aromatic carbocycles. The Labute approximate surface area is 348 Å². The van der Waals surface area contributed by atoms with Gasteiger partial charge in [-0.1, -0.05) is 206 Å². The van der Waals surface area contributed by atoms with Crippen LogP contribution < -0.4 is 0 Å². The van der Waals surface area contributed by atoms with Gasteiger partial charge in [-0.25, -0.2) is 19.9 Å². The van der Waals surface area contributed by atoms with Crippen molar-refractivity contribution >= 4 is 32.4 Å². The number of fused-ring (bicyclic) bond motifs is 5. The van der Waals surface area contributed by atoms with Crippen molar-refractivity contribution in [2.75, 3.05) is 0 Å². The van der Waals surface area contributed by atoms with Crippen molar-refractivity contribution in [1.29, 1.82) is 0 Å². The molecule has 0 aliphatic carbocycles. The van der Waals surface area contributed by atoms with Crippen LogP contribution in [-0.2, 0) is 0 Å². The van der Waals surface area contributed by atoms with Crippen LogP contribution in [0, 0.1) is 0 Å². The number of rotatable bonds is 7. The first-order valence-corrected chi connectivity index (χ1v) is 20.2. The minimum Gasteiger partial charge on any atom is -0.246 e. The lowest BCUT2D eigenvalue weighted by Gasteiger charge is -2.13. The second-order valence-corrected chi connectivity index (χ2v) is 15.0. The van der Waals surface area contributed by atoms with Crippen molar-refractivity contribution in [1.82, 2.24) is 19.9 Å². The summed E-state index contributed by atoms with van der Waals surface area (Å²) < 4.78 is 0. The summed E-state index contributed by atoms with van der Waals surface area (Å²) in [6.45, 7) is 0. The van der Waals surface area contributed by atoms with E-state index in [0.717, 1.165) is 66.7 Å². The van der Waals surface area contributed by atoms with Crippen LogP contribution in [0.2, 0.25) is 0 Å². The van der Waals surface area contributed by atoms with Gasteiger partial charge in [0.05, 0.1) is 11.2 Å². The number of aromatic nitrogens is 4. The van der Waals surface area contributed by atoms with Crippen molar-refractivity contribution in [3.05, 3.63) is 218 Å². The van der Waals surface area contributed by atoms with E-state index in [1.807, 2.05) is 36.4 Å². The largest absolute Gasteiger partial charge is 0.246 e. The third kappa shape index (κ3) is 6.56. The van der Waals surface area contributed by atoms with Crippen molar-refractivity contribution in [3.63, 3.8) is 0 Å². The lowest BCUT2D eigenvalue weighted by molar-refractivity contribution is 1.07. The Kier molecular flexibility index (Phi) is 8.79. The molecule has 0 unspecified atom stereocenters. The Hall–Kier alpha value is -8.08. The van der Waals surface area contributed by atoms with E-state index >= 15 is 0 Å². The summed E-state index contributed by atoms with van der Waals surface area (Å²) in [5, 5.41) is 5.88. The molecule has 0 saturated carbocycles. The normalized spacial score (nSPS) is 11.3. The second kappa shape index (κ2) is 15.0. The minimum atomic E-state index is 0.630. The standard InChI is InChI=1S/C56H36N4/c1-3-13-37(14-4-1)38-25-29-42(30-26-38)55-58-54(41-16-5-2-6-17-41)59-56(60-55)43-31-27-39(28-32-43)44-18-11-19-45(35-44)46-20-12-21-47(36-46)52-50-24-10-9-23-49(50)51-34-33-40-15-7-8-22-48(40)53(51)57-52/h1-36H. The van der Waals surface area contributed by atoms with Gasteiger partial charge in [-0.15, -0.1) is 0 Å². The molecule has 11 rings (SSSR count). The minimum absolute atomic E-state index is 0.630. The fourth-order valence-corrected chi connectivity index (χ4v) is 8.24. The predicted octanol–water partition coefficient (Wildman–Crippen LogP) is 14.4. The topological polar surface area (TPSA) is 51.6 Å². The molecule has 60 heavy (non-hydrogen) atoms. The molecule has 280 valence electrons. The summed E-state index contributed by atoms with van der Waals surface area (Å²) in [5.74, 6) is 1.91. The van der Waals surface area contributed by atoms with Crippen LogP contribution >= 0.6 is 0 Å². The van der Waals surface area contributed by atoms with Gasteiger partial charge in [0.15, 0.2) is 17.5 Å². The first kappa shape index (κ1) is 35.1. The maximum Gasteiger partial charge on any atom is 0.164 e. The zero-order chi connectivity index (χ0) is 39.8. The first-order valence-electron chi connectivity index (χ1n) is 20.2. The Bertz CT molecular complexity index is 3340. The Morgan fingerprint density at radius 3 is 1.23 bits per heavy atom. The summed E-state index contributed by atoms with van der Waals surface area (Å²) in [6.07, 6.45) is 0. The van der Waals surface area contributed by atoms with Gasteiger partial charge in [-0.05, 0) is 56.3 Å². The molecule has 0 radical (unpaired) electrons. The maximum atomic E-state index is 5.38. The zero-order valence-electron chi connectivity index (χ0n) is 32.6. The molecule has 4 heteroatoms. The van der Waals surface area contributed by atoms with E-state index in [1.54, 1.807) is 0 Å². The van der Waals surface area contributed by atoms with Crippen LogP contribution in [0.25, 0.3) is 111 Å². The van der Waals surface area contributed by atoms with Gasteiger partial charge in [0.1, 0.15) is 0 Å². The average molecular weight is 765 g/mol. The third-order valence-electron chi connectivity index (χ3n) is 11.3. The van der Waals surface area contributed by atoms with Gasteiger partial charge in [-0.2, -0.15) is 0 Å². The molecule has 0 atom stereocenters. The molecule has 0 saturated heterocycles. The molecule has 0 bridgehead atoms. The van der Waals surface area contributed by atoms with Crippen LogP contribution in [0.15, 0.2) is 218 Å². The van der Waals surface area contributed by atoms with Gasteiger partial charge in [-0.3, -0.25) is 0 Å². The number of benzene rings is 9. The maximum absolute atomic E-state index is 5.38. The number of nitrogens with zero attached hydrogens (tertiary/aromatic N) is 4. The highest BCUT2D eigenvalue weighted by atomic mass is 15.0. The van der Waals surface area contributed by atoms with E-state index in [2.05, 4.69) is 182 Å². The lowest BCUT2D eigenvalue weighted by Crippen LogP contribution is -2.00. The molecule has 0 aliphatic heterocycles. The fourth-order valence-electron chi connectivity index (χ4n) is 8.24. The molecule has 0 N–H and O–H groups in total. The Morgan fingerprint density at radius 2 is 0.617 bits per heavy atom. The van der Waals surface area contributed by atoms with Crippen LogP contribution in [0.4, 0.5) is 0 Å². The summed E-state index contributed by atoms with van der Waals surface area (Å²) in [5.41, 5.74) is 12.7. The first-order chi connectivity index (χ1) is 29.7. The molecule has 11 aromatic rings. The number of pyridine rings is 1. The molecule has 2 aromatic heterocycles. The van der Waals surface area contributed by atoms with Crippen LogP contribution in [0.3, 0.4) is 0 Å². The summed E-state index contributed by atoms with van der Waals surface area (Å²) in [6, 6.07) is 76.5. The summed E-state index contributed by atoms with van der Waals surface area (Å²) in [4.78, 5) is 20.3. The Balaban J connectivity index is 0.930. The molecule has 0 fully saturated rings. The molecular formula is C56H36N4. The predicted molar refractivity (Wildman–Crippen MR) is 248 cm³/mol. The van der Waals surface area contributed by atoms with Crippen molar-refractivity contribution in [3.8, 4) is 78.8 Å². The molecule has 0 spiro atoms. The van der Waals surface area contributed by atoms with E-state index in [4.69, 9.17) is 19.9 Å². The van der Waals surface area contributed by atoms with Crippen LogP contribution in [0.1, 0.15) is 0 Å². The van der Waals surface area contributed by atoms with Crippen molar-refractivity contribution in [2.24, 2.45) is 0 Å². The van der Waals surface area contributed by atoms with E-state index in [0.29, 0.717) is 17.5 Å². The van der Waals surface area contributed by atoms with E-state index < -0.39 is 0 Å². The highest BCUT2D eigenvalue weighted by Gasteiger charge is 2.15. The van der Waals surface area contributed by atoms with Gasteiger partial charge in [0.25, 0.3) is 0 Å². The summed E-state index contributed by atoms with van der Waals surface area (Å²) >= 11 is 0. The fraction of sp³-hybridized carbons (Fsp3) is 0. The molecule has 0 amide bonds. The molecule has 2 heterocycles. The average Bonchev–Trinajstić information content (AvgIpc) is 3.34. The molecule has 0 aliphatic rings. The van der Waals surface area contributed by atoms with E-state index in [9.17, 15) is 0 Å². The van der Waals surface area contributed by atoms with Gasteiger partial charge >= 0.3 is 0 Å². The third-order valence-corrected chi connectivity index (χ3v) is 11.3. The van der Waals surface area contributed by atoms with Gasteiger partial charge in [0, 0.05) is 38.4 Å². The lowest BCUT2D eigenvalue weighted by atomic mass is 9.94. The zero-order valence-corrected chi connectivity index (χ0v) is 32.6. The summed E-state index contributed by atoms with van der Waals surface area (Å²) in [7, 11) is 0. The molecular weight excluding hydrogens is 729 g/mol. The van der Waals surface area contributed by atoms with Gasteiger partial charge in [0.2, 0.25) is 0 Å². The van der Waals surface area contributed by atoms with Crippen LogP contribution in [-0.4, -0.2) is 19.9 Å². The quantitative estimate of drug-likeness (QED) is 0.152. The highest BCUT2D eigenvalue weighted by molar-refractivity contribution is 6.18. The smallest absolute Gasteiger partial charge is 0.164 e. The van der Waals surface area contributed by atoms with Crippen molar-refractivity contribution < 1.29 is 0 Å². The monoisotopic (exact) mass is 764 g/mol. The van der Waals surface area contributed by atoms with E-state index in [-0.39, 0.29) is 0 Å². The second-order valence-electron chi connectivity index (χ2n) is 15.0. The number of hydrogen-bond donors (Lipinski definition) is 0. The van der Waals surface area contributed by atoms with E-state index in [1.165, 1.54) is 27.1 Å². The van der Waals surface area contributed by atoms with Crippen molar-refractivity contribution in [2.45, 2.75) is 0 Å². The number of hydrogen-bond acceptors (Lipinski definition) is 4. The highest BCUT2D eigenvalue weighted by Crippen LogP contribution is 2.37. The SMILES string of the molecule is c1ccc(-c2ccc(-c3nc(-c4ccccc4)nc(-c4ccc(-c5cccc(-c6cccc(-c7nc8c9ccccc9ccc8c8ccccc78)c6)c5)cc4)n3)cc2)cc1. The van der Waals surface area contributed by atoms with Crippen LogP contribution in [0.5, 0.6) is 0 Å². The van der Waals surface area contributed by atoms with Gasteiger partial charge < -0.3 is 0 Å².